The molecule has 1 saturated heterocycles. The lowest BCUT2D eigenvalue weighted by atomic mass is 10.1. The monoisotopic (exact) mass is 365 g/mol. The van der Waals surface area contributed by atoms with Crippen LogP contribution in [-0.2, 0) is 4.74 Å². The molecule has 0 aromatic heterocycles. The molecule has 1 aliphatic rings. The van der Waals surface area contributed by atoms with Gasteiger partial charge in [-0.25, -0.2) is 0 Å². The minimum Gasteiger partial charge on any atom is -0.497 e. The molecular weight excluding hydrogens is 349 g/mol. The van der Waals surface area contributed by atoms with Crippen LogP contribution in [0.2, 0.25) is 10.0 Å². The lowest BCUT2D eigenvalue weighted by Crippen LogP contribution is -2.42. The largest absolute Gasteiger partial charge is 0.497 e. The van der Waals surface area contributed by atoms with Crippen LogP contribution in [0.5, 0.6) is 5.75 Å². The fourth-order valence-corrected chi connectivity index (χ4v) is 3.28. The fraction of sp³-hybridized carbons (Fsp3) is 0.278. The SMILES string of the molecule is COc1cccc(C(=O)N2CCOC(c3cc(Cl)cc(Cl)c3)C2)c1. The molecule has 1 amide bonds. The molecule has 126 valence electrons. The Kier molecular flexibility index (Phi) is 5.29. The Bertz CT molecular complexity index is 731. The first kappa shape index (κ1) is 17.1. The summed E-state index contributed by atoms with van der Waals surface area (Å²) in [5.74, 6) is 0.614. The second-order valence-corrected chi connectivity index (χ2v) is 6.42. The molecule has 2 aromatic rings. The number of rotatable bonds is 3. The van der Waals surface area contributed by atoms with Crippen molar-refractivity contribution >= 4 is 29.1 Å². The lowest BCUT2D eigenvalue weighted by Gasteiger charge is -2.33. The summed E-state index contributed by atoms with van der Waals surface area (Å²) in [6.07, 6.45) is -0.246. The van der Waals surface area contributed by atoms with Crippen molar-refractivity contribution in [3.63, 3.8) is 0 Å². The number of amides is 1. The van der Waals surface area contributed by atoms with Gasteiger partial charge in [-0.2, -0.15) is 0 Å². The number of carbonyl (C=O) groups is 1. The van der Waals surface area contributed by atoms with Gasteiger partial charge in [0.05, 0.1) is 20.3 Å². The zero-order valence-corrected chi connectivity index (χ0v) is 14.7. The first-order chi connectivity index (χ1) is 11.6. The van der Waals surface area contributed by atoms with Crippen molar-refractivity contribution in [2.45, 2.75) is 6.10 Å². The normalized spacial score (nSPS) is 17.6. The zero-order chi connectivity index (χ0) is 17.1. The van der Waals surface area contributed by atoms with Crippen LogP contribution in [0.3, 0.4) is 0 Å². The molecule has 0 saturated carbocycles. The molecular formula is C18H17Cl2NO3. The van der Waals surface area contributed by atoms with Crippen LogP contribution in [0.25, 0.3) is 0 Å². The average Bonchev–Trinajstić information content (AvgIpc) is 2.60. The number of nitrogens with zero attached hydrogens (tertiary/aromatic N) is 1. The summed E-state index contributed by atoms with van der Waals surface area (Å²) in [7, 11) is 1.58. The van der Waals surface area contributed by atoms with Crippen molar-refractivity contribution in [1.82, 2.24) is 4.90 Å². The first-order valence-electron chi connectivity index (χ1n) is 7.58. The van der Waals surface area contributed by atoms with E-state index < -0.39 is 0 Å². The van der Waals surface area contributed by atoms with Gasteiger partial charge in [-0.1, -0.05) is 29.3 Å². The molecule has 4 nitrogen and oxygen atoms in total. The summed E-state index contributed by atoms with van der Waals surface area (Å²) >= 11 is 12.1. The maximum atomic E-state index is 12.7. The molecule has 0 radical (unpaired) electrons. The molecule has 1 atom stereocenters. The minimum absolute atomic E-state index is 0.0460. The Morgan fingerprint density at radius 1 is 1.21 bits per heavy atom. The van der Waals surface area contributed by atoms with Gasteiger partial charge in [-0.15, -0.1) is 0 Å². The molecule has 1 heterocycles. The Labute approximate surface area is 150 Å². The van der Waals surface area contributed by atoms with Crippen molar-refractivity contribution in [2.24, 2.45) is 0 Å². The third-order valence-electron chi connectivity index (χ3n) is 3.93. The summed E-state index contributed by atoms with van der Waals surface area (Å²) in [4.78, 5) is 14.5. The highest BCUT2D eigenvalue weighted by Gasteiger charge is 2.26. The van der Waals surface area contributed by atoms with Gasteiger partial charge < -0.3 is 14.4 Å². The van der Waals surface area contributed by atoms with Crippen LogP contribution in [0, 0.1) is 0 Å². The molecule has 0 spiro atoms. The number of ether oxygens (including phenoxy) is 2. The molecule has 1 aliphatic heterocycles. The topological polar surface area (TPSA) is 38.8 Å². The molecule has 3 rings (SSSR count). The standard InChI is InChI=1S/C18H17Cl2NO3/c1-23-16-4-2-3-12(9-16)18(22)21-5-6-24-17(11-21)13-7-14(19)10-15(20)8-13/h2-4,7-10,17H,5-6,11H2,1H3. The number of halogens is 2. The maximum absolute atomic E-state index is 12.7. The van der Waals surface area contributed by atoms with Crippen LogP contribution < -0.4 is 4.74 Å². The smallest absolute Gasteiger partial charge is 0.254 e. The van der Waals surface area contributed by atoms with E-state index in [4.69, 9.17) is 32.7 Å². The maximum Gasteiger partial charge on any atom is 0.254 e. The second kappa shape index (κ2) is 7.43. The quantitative estimate of drug-likeness (QED) is 0.817. The van der Waals surface area contributed by atoms with E-state index in [1.165, 1.54) is 0 Å². The van der Waals surface area contributed by atoms with Gasteiger partial charge in [0.1, 0.15) is 11.9 Å². The molecule has 2 aromatic carbocycles. The van der Waals surface area contributed by atoms with E-state index >= 15 is 0 Å². The molecule has 6 heteroatoms. The summed E-state index contributed by atoms with van der Waals surface area (Å²) in [6.45, 7) is 1.46. The van der Waals surface area contributed by atoms with E-state index in [2.05, 4.69) is 0 Å². The third kappa shape index (κ3) is 3.83. The van der Waals surface area contributed by atoms with Crippen LogP contribution in [-0.4, -0.2) is 37.6 Å². The average molecular weight is 366 g/mol. The Morgan fingerprint density at radius 2 is 1.96 bits per heavy atom. The Morgan fingerprint density at radius 3 is 2.67 bits per heavy atom. The van der Waals surface area contributed by atoms with Crippen LogP contribution in [0.15, 0.2) is 42.5 Å². The van der Waals surface area contributed by atoms with E-state index in [-0.39, 0.29) is 12.0 Å². The summed E-state index contributed by atoms with van der Waals surface area (Å²) in [6, 6.07) is 12.5. The number of methoxy groups -OCH3 is 1. The minimum atomic E-state index is -0.246. The van der Waals surface area contributed by atoms with Gasteiger partial charge in [-0.3, -0.25) is 4.79 Å². The van der Waals surface area contributed by atoms with Gasteiger partial charge in [0.2, 0.25) is 0 Å². The highest BCUT2D eigenvalue weighted by molar-refractivity contribution is 6.34. The van der Waals surface area contributed by atoms with E-state index in [1.54, 1.807) is 36.3 Å². The van der Waals surface area contributed by atoms with E-state index in [0.29, 0.717) is 41.1 Å². The molecule has 0 N–H and O–H groups in total. The number of carbonyl (C=O) groups excluding carboxylic acids is 1. The van der Waals surface area contributed by atoms with Gasteiger partial charge in [0.15, 0.2) is 0 Å². The number of benzene rings is 2. The summed E-state index contributed by atoms with van der Waals surface area (Å²) in [5, 5.41) is 1.11. The van der Waals surface area contributed by atoms with Crippen molar-refractivity contribution < 1.29 is 14.3 Å². The molecule has 1 fully saturated rings. The zero-order valence-electron chi connectivity index (χ0n) is 13.2. The van der Waals surface area contributed by atoms with Crippen molar-refractivity contribution in [3.05, 3.63) is 63.6 Å². The van der Waals surface area contributed by atoms with Crippen LogP contribution >= 0.6 is 23.2 Å². The summed E-state index contributed by atoms with van der Waals surface area (Å²) in [5.41, 5.74) is 1.47. The second-order valence-electron chi connectivity index (χ2n) is 5.55. The molecule has 1 unspecified atom stereocenters. The molecule has 0 bridgehead atoms. The molecule has 24 heavy (non-hydrogen) atoms. The van der Waals surface area contributed by atoms with Gasteiger partial charge in [0.25, 0.3) is 5.91 Å². The third-order valence-corrected chi connectivity index (χ3v) is 4.36. The Balaban J connectivity index is 1.78. The summed E-state index contributed by atoms with van der Waals surface area (Å²) < 4.78 is 11.0. The lowest BCUT2D eigenvalue weighted by molar-refractivity contribution is -0.0228. The van der Waals surface area contributed by atoms with Gasteiger partial charge >= 0.3 is 0 Å². The fourth-order valence-electron chi connectivity index (χ4n) is 2.74. The van der Waals surface area contributed by atoms with Gasteiger partial charge in [0, 0.05) is 22.2 Å². The molecule has 0 aliphatic carbocycles. The Hall–Kier alpha value is -1.75. The van der Waals surface area contributed by atoms with Crippen molar-refractivity contribution in [1.29, 1.82) is 0 Å². The van der Waals surface area contributed by atoms with Crippen molar-refractivity contribution in [3.8, 4) is 5.75 Å². The predicted octanol–water partition coefficient (Wildman–Crippen LogP) is 4.22. The number of morpholine rings is 1. The van der Waals surface area contributed by atoms with Crippen LogP contribution in [0.4, 0.5) is 0 Å². The van der Waals surface area contributed by atoms with E-state index in [1.807, 2.05) is 18.2 Å². The van der Waals surface area contributed by atoms with E-state index in [0.717, 1.165) is 5.56 Å². The van der Waals surface area contributed by atoms with Crippen molar-refractivity contribution in [2.75, 3.05) is 26.8 Å². The van der Waals surface area contributed by atoms with Gasteiger partial charge in [-0.05, 0) is 42.0 Å². The first-order valence-corrected chi connectivity index (χ1v) is 8.33. The number of hydrogen-bond donors (Lipinski definition) is 0. The van der Waals surface area contributed by atoms with Crippen LogP contribution in [0.1, 0.15) is 22.0 Å². The number of hydrogen-bond acceptors (Lipinski definition) is 3. The van der Waals surface area contributed by atoms with E-state index in [9.17, 15) is 4.79 Å². The predicted molar refractivity (Wildman–Crippen MR) is 94.1 cm³/mol. The highest BCUT2D eigenvalue weighted by Crippen LogP contribution is 2.28. The highest BCUT2D eigenvalue weighted by atomic mass is 35.5.